The third kappa shape index (κ3) is 3.99. The molecule has 0 fully saturated rings. The fourth-order valence-corrected chi connectivity index (χ4v) is 2.94. The Morgan fingerprint density at radius 3 is 2.42 bits per heavy atom. The molecular formula is C19H23N3OSi. The van der Waals surface area contributed by atoms with Crippen LogP contribution in [0.15, 0.2) is 54.7 Å². The Kier molecular flexibility index (Phi) is 4.64. The van der Waals surface area contributed by atoms with Crippen LogP contribution in [0, 0.1) is 6.92 Å². The average molecular weight is 337 g/mol. The number of benzene rings is 2. The molecule has 0 N–H and O–H groups in total. The lowest BCUT2D eigenvalue weighted by Crippen LogP contribution is -2.32. The van der Waals surface area contributed by atoms with Crippen molar-refractivity contribution in [3.8, 4) is 0 Å². The van der Waals surface area contributed by atoms with Crippen LogP contribution in [0.25, 0.3) is 11.0 Å². The summed E-state index contributed by atoms with van der Waals surface area (Å²) in [5, 5.41) is 0. The largest absolute Gasteiger partial charge is 0.400 e. The van der Waals surface area contributed by atoms with Crippen LogP contribution >= 0.6 is 0 Å². The number of hydrogen-bond donors (Lipinski definition) is 0. The molecule has 4 nitrogen and oxygen atoms in total. The minimum atomic E-state index is -1.62. The van der Waals surface area contributed by atoms with Gasteiger partial charge in [0.05, 0.1) is 16.7 Å². The SMILES string of the molecule is Cc1cnc2ccc(N(CO[Si](C)(C)C)c3ccccc3)cc2n1. The quantitative estimate of drug-likeness (QED) is 0.491. The number of rotatable bonds is 5. The first-order chi connectivity index (χ1) is 11.4. The molecule has 0 amide bonds. The van der Waals surface area contributed by atoms with E-state index in [1.165, 1.54) is 0 Å². The van der Waals surface area contributed by atoms with Crippen molar-refractivity contribution in [2.75, 3.05) is 11.6 Å². The molecule has 0 aliphatic carbocycles. The van der Waals surface area contributed by atoms with Crippen molar-refractivity contribution in [2.45, 2.75) is 26.6 Å². The maximum Gasteiger partial charge on any atom is 0.186 e. The number of aromatic nitrogens is 2. The zero-order chi connectivity index (χ0) is 17.2. The van der Waals surface area contributed by atoms with Gasteiger partial charge in [-0.15, -0.1) is 0 Å². The van der Waals surface area contributed by atoms with E-state index in [9.17, 15) is 0 Å². The Balaban J connectivity index is 2.01. The fraction of sp³-hybridized carbons (Fsp3) is 0.263. The third-order valence-electron chi connectivity index (χ3n) is 3.65. The highest BCUT2D eigenvalue weighted by atomic mass is 28.4. The predicted octanol–water partition coefficient (Wildman–Crippen LogP) is 4.89. The van der Waals surface area contributed by atoms with Crippen LogP contribution in [0.2, 0.25) is 19.6 Å². The van der Waals surface area contributed by atoms with Crippen LogP contribution in [0.3, 0.4) is 0 Å². The molecule has 0 spiro atoms. The normalized spacial score (nSPS) is 11.7. The predicted molar refractivity (Wildman–Crippen MR) is 102 cm³/mol. The van der Waals surface area contributed by atoms with Crippen LogP contribution in [0.1, 0.15) is 5.69 Å². The highest BCUT2D eigenvalue weighted by Crippen LogP contribution is 2.28. The van der Waals surface area contributed by atoms with Crippen LogP contribution in [-0.2, 0) is 4.43 Å². The molecule has 0 atom stereocenters. The van der Waals surface area contributed by atoms with E-state index in [4.69, 9.17) is 4.43 Å². The molecule has 5 heteroatoms. The van der Waals surface area contributed by atoms with Gasteiger partial charge in [-0.3, -0.25) is 4.98 Å². The molecule has 1 aromatic heterocycles. The maximum atomic E-state index is 6.16. The maximum absolute atomic E-state index is 6.16. The van der Waals surface area contributed by atoms with Crippen molar-refractivity contribution in [2.24, 2.45) is 0 Å². The van der Waals surface area contributed by atoms with Crippen LogP contribution < -0.4 is 4.90 Å². The molecule has 3 rings (SSSR count). The van der Waals surface area contributed by atoms with Crippen molar-refractivity contribution >= 4 is 30.7 Å². The Bertz CT molecular complexity index is 831. The van der Waals surface area contributed by atoms with Crippen LogP contribution in [-0.4, -0.2) is 25.0 Å². The molecule has 0 saturated carbocycles. The molecule has 2 aromatic carbocycles. The Labute approximate surface area is 144 Å². The van der Waals surface area contributed by atoms with E-state index in [2.05, 4.69) is 58.8 Å². The van der Waals surface area contributed by atoms with Crippen molar-refractivity contribution in [3.63, 3.8) is 0 Å². The second-order valence-electron chi connectivity index (χ2n) is 6.83. The lowest BCUT2D eigenvalue weighted by atomic mass is 10.2. The number of para-hydroxylation sites is 1. The molecule has 24 heavy (non-hydrogen) atoms. The minimum Gasteiger partial charge on any atom is -0.400 e. The molecule has 3 aromatic rings. The lowest BCUT2D eigenvalue weighted by molar-refractivity contribution is 0.321. The van der Waals surface area contributed by atoms with Crippen LogP contribution in [0.4, 0.5) is 11.4 Å². The van der Waals surface area contributed by atoms with E-state index in [0.29, 0.717) is 6.73 Å². The zero-order valence-electron chi connectivity index (χ0n) is 14.7. The summed E-state index contributed by atoms with van der Waals surface area (Å²) in [6.07, 6.45) is 1.80. The Hall–Kier alpha value is -2.24. The number of anilines is 2. The molecule has 0 radical (unpaired) electrons. The lowest BCUT2D eigenvalue weighted by Gasteiger charge is -2.28. The summed E-state index contributed by atoms with van der Waals surface area (Å²) in [4.78, 5) is 11.2. The zero-order valence-corrected chi connectivity index (χ0v) is 15.7. The van der Waals surface area contributed by atoms with Crippen molar-refractivity contribution in [3.05, 3.63) is 60.4 Å². The van der Waals surface area contributed by atoms with Crippen LogP contribution in [0.5, 0.6) is 0 Å². The number of fused-ring (bicyclic) bond motifs is 1. The van der Waals surface area contributed by atoms with Gasteiger partial charge in [0.2, 0.25) is 0 Å². The summed E-state index contributed by atoms with van der Waals surface area (Å²) < 4.78 is 6.16. The summed E-state index contributed by atoms with van der Waals surface area (Å²) in [5.74, 6) is 0. The summed E-state index contributed by atoms with van der Waals surface area (Å²) in [6, 6.07) is 16.5. The highest BCUT2D eigenvalue weighted by molar-refractivity contribution is 6.69. The van der Waals surface area contributed by atoms with Gasteiger partial charge in [-0.1, -0.05) is 18.2 Å². The number of aryl methyl sites for hydroxylation is 1. The van der Waals surface area contributed by atoms with Gasteiger partial charge in [-0.2, -0.15) is 0 Å². The van der Waals surface area contributed by atoms with E-state index in [1.807, 2.05) is 31.2 Å². The van der Waals surface area contributed by atoms with Gasteiger partial charge in [0.15, 0.2) is 8.32 Å². The van der Waals surface area contributed by atoms with Gasteiger partial charge < -0.3 is 9.33 Å². The number of nitrogens with zero attached hydrogens (tertiary/aromatic N) is 3. The smallest absolute Gasteiger partial charge is 0.186 e. The molecule has 0 bridgehead atoms. The average Bonchev–Trinajstić information content (AvgIpc) is 2.54. The van der Waals surface area contributed by atoms with Gasteiger partial charge in [-0.05, 0) is 56.9 Å². The summed E-state index contributed by atoms with van der Waals surface area (Å²) in [5.41, 5.74) is 4.90. The van der Waals surface area contributed by atoms with Gasteiger partial charge in [0.25, 0.3) is 0 Å². The van der Waals surface area contributed by atoms with Gasteiger partial charge in [0.1, 0.15) is 6.73 Å². The van der Waals surface area contributed by atoms with E-state index >= 15 is 0 Å². The first kappa shape index (κ1) is 16.6. The van der Waals surface area contributed by atoms with Crippen molar-refractivity contribution in [1.82, 2.24) is 9.97 Å². The molecule has 124 valence electrons. The molecule has 0 saturated heterocycles. The standard InChI is InChI=1S/C19H23N3OSi/c1-15-13-20-18-11-10-17(12-19(18)21-15)22(14-23-24(2,3)4)16-8-6-5-7-9-16/h5-13H,14H2,1-4H3. The van der Waals surface area contributed by atoms with Crippen molar-refractivity contribution < 1.29 is 4.43 Å². The number of hydrogen-bond acceptors (Lipinski definition) is 4. The summed E-state index contributed by atoms with van der Waals surface area (Å²) in [6.45, 7) is 9.09. The molecular weight excluding hydrogens is 314 g/mol. The first-order valence-electron chi connectivity index (χ1n) is 8.12. The van der Waals surface area contributed by atoms with E-state index in [1.54, 1.807) is 6.20 Å². The third-order valence-corrected chi connectivity index (χ3v) is 4.65. The summed E-state index contributed by atoms with van der Waals surface area (Å²) >= 11 is 0. The van der Waals surface area contributed by atoms with E-state index < -0.39 is 8.32 Å². The first-order valence-corrected chi connectivity index (χ1v) is 11.5. The fourth-order valence-electron chi connectivity index (χ4n) is 2.42. The monoisotopic (exact) mass is 337 g/mol. The second kappa shape index (κ2) is 6.71. The van der Waals surface area contributed by atoms with Gasteiger partial charge in [-0.25, -0.2) is 4.98 Å². The van der Waals surface area contributed by atoms with E-state index in [-0.39, 0.29) is 0 Å². The second-order valence-corrected chi connectivity index (χ2v) is 11.3. The molecule has 0 aliphatic heterocycles. The Morgan fingerprint density at radius 1 is 0.958 bits per heavy atom. The van der Waals surface area contributed by atoms with Gasteiger partial charge in [0, 0.05) is 17.6 Å². The Morgan fingerprint density at radius 2 is 1.71 bits per heavy atom. The topological polar surface area (TPSA) is 38.2 Å². The summed E-state index contributed by atoms with van der Waals surface area (Å²) in [7, 11) is -1.62. The highest BCUT2D eigenvalue weighted by Gasteiger charge is 2.18. The van der Waals surface area contributed by atoms with Gasteiger partial charge >= 0.3 is 0 Å². The minimum absolute atomic E-state index is 0.532. The molecule has 0 aliphatic rings. The van der Waals surface area contributed by atoms with E-state index in [0.717, 1.165) is 28.1 Å². The van der Waals surface area contributed by atoms with Crippen molar-refractivity contribution in [1.29, 1.82) is 0 Å². The molecule has 1 heterocycles. The molecule has 0 unspecified atom stereocenters.